The Morgan fingerprint density at radius 2 is 2.18 bits per heavy atom. The van der Waals surface area contributed by atoms with E-state index in [-0.39, 0.29) is 5.41 Å². The van der Waals surface area contributed by atoms with Crippen molar-refractivity contribution < 1.29 is 9.47 Å². The summed E-state index contributed by atoms with van der Waals surface area (Å²) in [5.41, 5.74) is 0.242. The first kappa shape index (κ1) is 14.9. The molecule has 0 radical (unpaired) electrons. The molecule has 0 bridgehead atoms. The summed E-state index contributed by atoms with van der Waals surface area (Å²) in [5.74, 6) is 0. The Morgan fingerprint density at radius 3 is 2.71 bits per heavy atom. The second kappa shape index (κ2) is 7.34. The van der Waals surface area contributed by atoms with Gasteiger partial charge in [-0.2, -0.15) is 0 Å². The highest BCUT2D eigenvalue weighted by molar-refractivity contribution is 4.80. The zero-order chi connectivity index (χ0) is 12.7. The zero-order valence-corrected chi connectivity index (χ0v) is 11.9. The molecule has 3 heteroatoms. The van der Waals surface area contributed by atoms with E-state index >= 15 is 0 Å². The van der Waals surface area contributed by atoms with Gasteiger partial charge in [0.05, 0.1) is 19.3 Å². The minimum Gasteiger partial charge on any atom is -0.377 e. The van der Waals surface area contributed by atoms with Crippen LogP contribution < -0.4 is 5.32 Å². The third-order valence-corrected chi connectivity index (χ3v) is 3.30. The van der Waals surface area contributed by atoms with E-state index < -0.39 is 0 Å². The maximum Gasteiger partial charge on any atom is 0.0809 e. The van der Waals surface area contributed by atoms with Crippen LogP contribution in [0.5, 0.6) is 0 Å². The second-order valence-corrected chi connectivity index (χ2v) is 6.05. The highest BCUT2D eigenvalue weighted by Gasteiger charge is 2.24. The van der Waals surface area contributed by atoms with Crippen LogP contribution >= 0.6 is 0 Å². The third-order valence-electron chi connectivity index (χ3n) is 3.30. The van der Waals surface area contributed by atoms with Gasteiger partial charge < -0.3 is 14.8 Å². The molecule has 0 aromatic heterocycles. The highest BCUT2D eigenvalue weighted by Crippen LogP contribution is 2.20. The number of nitrogens with one attached hydrogen (secondary N) is 1. The fourth-order valence-electron chi connectivity index (χ4n) is 2.03. The molecule has 0 aliphatic carbocycles. The number of hydrogen-bond acceptors (Lipinski definition) is 3. The molecule has 1 aliphatic heterocycles. The van der Waals surface area contributed by atoms with Crippen molar-refractivity contribution in [3.8, 4) is 0 Å². The van der Waals surface area contributed by atoms with Crippen molar-refractivity contribution >= 4 is 0 Å². The van der Waals surface area contributed by atoms with Gasteiger partial charge in [0, 0.05) is 12.6 Å². The van der Waals surface area contributed by atoms with Gasteiger partial charge in [-0.05, 0) is 31.2 Å². The molecule has 1 rings (SSSR count). The summed E-state index contributed by atoms with van der Waals surface area (Å²) >= 11 is 0. The molecule has 0 amide bonds. The largest absolute Gasteiger partial charge is 0.377 e. The second-order valence-electron chi connectivity index (χ2n) is 6.05. The van der Waals surface area contributed by atoms with Gasteiger partial charge in [0.25, 0.3) is 0 Å². The first-order valence-corrected chi connectivity index (χ1v) is 6.96. The molecular formula is C14H29NO2. The van der Waals surface area contributed by atoms with Crippen LogP contribution in [-0.2, 0) is 9.47 Å². The van der Waals surface area contributed by atoms with Gasteiger partial charge in [-0.25, -0.2) is 0 Å². The Balaban J connectivity index is 2.22. The van der Waals surface area contributed by atoms with Crippen LogP contribution in [0.3, 0.4) is 0 Å². The van der Waals surface area contributed by atoms with E-state index in [1.807, 2.05) is 0 Å². The SMILES string of the molecule is CCCNC(COCC1CCCO1)C(C)(C)C. The lowest BCUT2D eigenvalue weighted by atomic mass is 9.87. The minimum atomic E-state index is 0.242. The van der Waals surface area contributed by atoms with Crippen molar-refractivity contribution in [2.24, 2.45) is 5.41 Å². The van der Waals surface area contributed by atoms with Gasteiger partial charge in [0.2, 0.25) is 0 Å². The smallest absolute Gasteiger partial charge is 0.0809 e. The van der Waals surface area contributed by atoms with Crippen LogP contribution in [0, 0.1) is 5.41 Å². The summed E-state index contributed by atoms with van der Waals surface area (Å²) in [6.07, 6.45) is 3.84. The van der Waals surface area contributed by atoms with Gasteiger partial charge >= 0.3 is 0 Å². The molecule has 1 saturated heterocycles. The van der Waals surface area contributed by atoms with E-state index in [9.17, 15) is 0 Å². The van der Waals surface area contributed by atoms with Crippen molar-refractivity contribution in [3.05, 3.63) is 0 Å². The average Bonchev–Trinajstić information content (AvgIpc) is 2.74. The van der Waals surface area contributed by atoms with E-state index in [4.69, 9.17) is 9.47 Å². The molecule has 0 aromatic carbocycles. The van der Waals surface area contributed by atoms with E-state index in [0.29, 0.717) is 12.1 Å². The summed E-state index contributed by atoms with van der Waals surface area (Å²) in [6.45, 7) is 12.5. The Labute approximate surface area is 106 Å². The lowest BCUT2D eigenvalue weighted by Gasteiger charge is -2.31. The van der Waals surface area contributed by atoms with Gasteiger partial charge in [0.15, 0.2) is 0 Å². The predicted octanol–water partition coefficient (Wildman–Crippen LogP) is 2.60. The van der Waals surface area contributed by atoms with Gasteiger partial charge in [-0.3, -0.25) is 0 Å². The highest BCUT2D eigenvalue weighted by atomic mass is 16.5. The van der Waals surface area contributed by atoms with Gasteiger partial charge in [-0.15, -0.1) is 0 Å². The standard InChI is InChI=1S/C14H29NO2/c1-5-8-15-13(14(2,3)4)11-16-10-12-7-6-9-17-12/h12-13,15H,5-11H2,1-4H3. The van der Waals surface area contributed by atoms with Crippen molar-refractivity contribution in [3.63, 3.8) is 0 Å². The van der Waals surface area contributed by atoms with Crippen molar-refractivity contribution in [1.82, 2.24) is 5.32 Å². The average molecular weight is 243 g/mol. The number of hydrogen-bond donors (Lipinski definition) is 1. The Hall–Kier alpha value is -0.120. The van der Waals surface area contributed by atoms with Crippen molar-refractivity contribution in [2.75, 3.05) is 26.4 Å². The van der Waals surface area contributed by atoms with Gasteiger partial charge in [0.1, 0.15) is 0 Å². The molecule has 17 heavy (non-hydrogen) atoms. The molecule has 1 fully saturated rings. The molecule has 2 unspecified atom stereocenters. The fourth-order valence-corrected chi connectivity index (χ4v) is 2.03. The molecule has 1 aliphatic rings. The number of ether oxygens (including phenoxy) is 2. The summed E-state index contributed by atoms with van der Waals surface area (Å²) < 4.78 is 11.4. The zero-order valence-electron chi connectivity index (χ0n) is 11.9. The maximum absolute atomic E-state index is 5.82. The summed E-state index contributed by atoms with van der Waals surface area (Å²) in [7, 11) is 0. The summed E-state index contributed by atoms with van der Waals surface area (Å²) in [4.78, 5) is 0. The van der Waals surface area contributed by atoms with Crippen LogP contribution in [0.2, 0.25) is 0 Å². The normalized spacial score (nSPS) is 22.9. The Kier molecular flexibility index (Phi) is 6.45. The molecule has 1 N–H and O–H groups in total. The van der Waals surface area contributed by atoms with E-state index in [1.165, 1.54) is 6.42 Å². The van der Waals surface area contributed by atoms with Crippen LogP contribution in [-0.4, -0.2) is 38.5 Å². The summed E-state index contributed by atoms with van der Waals surface area (Å²) in [5, 5.41) is 3.57. The molecule has 0 spiro atoms. The minimum absolute atomic E-state index is 0.242. The number of rotatable bonds is 7. The fraction of sp³-hybridized carbons (Fsp3) is 1.00. The van der Waals surface area contributed by atoms with Crippen LogP contribution in [0.4, 0.5) is 0 Å². The van der Waals surface area contributed by atoms with Gasteiger partial charge in [-0.1, -0.05) is 27.7 Å². The molecule has 0 aromatic rings. The van der Waals surface area contributed by atoms with E-state index in [0.717, 1.165) is 39.2 Å². The first-order chi connectivity index (χ1) is 8.04. The van der Waals surface area contributed by atoms with Crippen molar-refractivity contribution in [2.45, 2.75) is 59.1 Å². The van der Waals surface area contributed by atoms with E-state index in [1.54, 1.807) is 0 Å². The molecular weight excluding hydrogens is 214 g/mol. The lowest BCUT2D eigenvalue weighted by Crippen LogP contribution is -2.44. The van der Waals surface area contributed by atoms with Crippen molar-refractivity contribution in [1.29, 1.82) is 0 Å². The predicted molar refractivity (Wildman–Crippen MR) is 71.3 cm³/mol. The Bertz CT molecular complexity index is 195. The lowest BCUT2D eigenvalue weighted by molar-refractivity contribution is -0.000749. The monoisotopic (exact) mass is 243 g/mol. The van der Waals surface area contributed by atoms with Crippen LogP contribution in [0.1, 0.15) is 47.0 Å². The van der Waals surface area contributed by atoms with Crippen LogP contribution in [0.25, 0.3) is 0 Å². The Morgan fingerprint density at radius 1 is 1.41 bits per heavy atom. The molecule has 102 valence electrons. The first-order valence-electron chi connectivity index (χ1n) is 6.96. The summed E-state index contributed by atoms with van der Waals surface area (Å²) in [6, 6.07) is 0.420. The molecule has 0 saturated carbocycles. The molecule has 2 atom stereocenters. The molecule has 1 heterocycles. The van der Waals surface area contributed by atoms with Crippen LogP contribution in [0.15, 0.2) is 0 Å². The third kappa shape index (κ3) is 5.84. The topological polar surface area (TPSA) is 30.5 Å². The maximum atomic E-state index is 5.82. The quantitative estimate of drug-likeness (QED) is 0.745. The van der Waals surface area contributed by atoms with E-state index in [2.05, 4.69) is 33.0 Å². The molecule has 3 nitrogen and oxygen atoms in total.